The third kappa shape index (κ3) is 3.21. The quantitative estimate of drug-likeness (QED) is 0.378. The van der Waals surface area contributed by atoms with Crippen LogP contribution < -0.4 is 22.1 Å². The van der Waals surface area contributed by atoms with Crippen LogP contribution in [0.15, 0.2) is 53.6 Å². The first-order chi connectivity index (χ1) is 16.4. The molecule has 2 aromatic heterocycles. The summed E-state index contributed by atoms with van der Waals surface area (Å²) in [4.78, 5) is 25.8. The second kappa shape index (κ2) is 7.72. The molecule has 0 unspecified atom stereocenters. The van der Waals surface area contributed by atoms with E-state index in [-0.39, 0.29) is 32.7 Å². The number of para-hydroxylation sites is 1. The lowest BCUT2D eigenvalue weighted by Crippen LogP contribution is -2.47. The van der Waals surface area contributed by atoms with E-state index in [2.05, 4.69) is 43.8 Å². The molecule has 1 aliphatic heterocycles. The standard InChI is InChI=1S/C24H19Cl2N7O/c25-17-3-1-4-18(26)19(17)33-20(27)15-12-28-22(31-21(15)32-23(33)34)30-14-5-6-16-13(11-14)7-10-29-24(16)8-2-9-24/h1,3-7,10-12,29H,2,8-9,27H2,(H,30,31,32,34). The Morgan fingerprint density at radius 3 is 2.65 bits per heavy atom. The monoisotopic (exact) mass is 491 g/mol. The molecule has 0 atom stereocenters. The summed E-state index contributed by atoms with van der Waals surface area (Å²) < 4.78 is 1.17. The summed E-state index contributed by atoms with van der Waals surface area (Å²) in [5, 5.41) is 7.69. The molecule has 2 aromatic carbocycles. The van der Waals surface area contributed by atoms with E-state index in [1.165, 1.54) is 22.7 Å². The van der Waals surface area contributed by atoms with Crippen molar-refractivity contribution in [2.24, 2.45) is 0 Å². The first-order valence-electron chi connectivity index (χ1n) is 10.8. The maximum absolute atomic E-state index is 12.8. The lowest BCUT2D eigenvalue weighted by atomic mass is 9.69. The van der Waals surface area contributed by atoms with Crippen LogP contribution in [0.4, 0.5) is 17.5 Å². The minimum absolute atomic E-state index is 0.0634. The molecule has 6 rings (SSSR count). The fraction of sp³-hybridized carbons (Fsp3) is 0.167. The number of nitrogen functional groups attached to an aromatic ring is 1. The molecule has 1 fully saturated rings. The van der Waals surface area contributed by atoms with Crippen LogP contribution >= 0.6 is 23.2 Å². The molecule has 2 aliphatic rings. The fourth-order valence-corrected chi connectivity index (χ4v) is 5.20. The van der Waals surface area contributed by atoms with Crippen molar-refractivity contribution in [1.29, 1.82) is 0 Å². The van der Waals surface area contributed by atoms with Crippen molar-refractivity contribution in [3.8, 4) is 5.69 Å². The van der Waals surface area contributed by atoms with E-state index < -0.39 is 5.69 Å². The van der Waals surface area contributed by atoms with E-state index in [9.17, 15) is 4.79 Å². The Hall–Kier alpha value is -3.62. The molecule has 170 valence electrons. The summed E-state index contributed by atoms with van der Waals surface area (Å²) in [5.41, 5.74) is 9.48. The maximum Gasteiger partial charge on any atom is 0.355 e. The van der Waals surface area contributed by atoms with E-state index in [1.807, 2.05) is 12.3 Å². The summed E-state index contributed by atoms with van der Waals surface area (Å²) in [6.07, 6.45) is 9.10. The number of fused-ring (bicyclic) bond motifs is 3. The molecule has 1 saturated carbocycles. The van der Waals surface area contributed by atoms with Crippen LogP contribution in [0.25, 0.3) is 22.8 Å². The number of nitrogens with one attached hydrogen (secondary N) is 2. The Morgan fingerprint density at radius 2 is 1.91 bits per heavy atom. The molecule has 34 heavy (non-hydrogen) atoms. The molecule has 1 spiro atoms. The molecular formula is C24H19Cl2N7O. The number of anilines is 3. The van der Waals surface area contributed by atoms with E-state index in [4.69, 9.17) is 28.9 Å². The summed E-state index contributed by atoms with van der Waals surface area (Å²) in [5.74, 6) is 0.414. The van der Waals surface area contributed by atoms with Gasteiger partial charge in [0.2, 0.25) is 5.95 Å². The highest BCUT2D eigenvalue weighted by Crippen LogP contribution is 2.45. The Labute approximate surface area is 204 Å². The number of hydrogen-bond donors (Lipinski definition) is 3. The van der Waals surface area contributed by atoms with Gasteiger partial charge in [-0.3, -0.25) is 0 Å². The lowest BCUT2D eigenvalue weighted by Gasteiger charge is -2.45. The topological polar surface area (TPSA) is 111 Å². The normalized spacial score (nSPS) is 15.6. The predicted octanol–water partition coefficient (Wildman–Crippen LogP) is 4.76. The number of benzene rings is 2. The van der Waals surface area contributed by atoms with Crippen molar-refractivity contribution >= 4 is 57.8 Å². The van der Waals surface area contributed by atoms with Crippen LogP contribution in [0.1, 0.15) is 30.4 Å². The van der Waals surface area contributed by atoms with Gasteiger partial charge in [-0.2, -0.15) is 9.97 Å². The number of halogens is 2. The van der Waals surface area contributed by atoms with Crippen molar-refractivity contribution in [1.82, 2.24) is 24.8 Å². The molecular weight excluding hydrogens is 473 g/mol. The molecule has 0 radical (unpaired) electrons. The highest BCUT2D eigenvalue weighted by molar-refractivity contribution is 6.37. The van der Waals surface area contributed by atoms with Crippen molar-refractivity contribution in [2.75, 3.05) is 11.1 Å². The van der Waals surface area contributed by atoms with Gasteiger partial charge in [0, 0.05) is 11.9 Å². The van der Waals surface area contributed by atoms with Gasteiger partial charge in [0.05, 0.1) is 26.7 Å². The van der Waals surface area contributed by atoms with Crippen LogP contribution in [0.2, 0.25) is 10.0 Å². The van der Waals surface area contributed by atoms with Gasteiger partial charge in [0.1, 0.15) is 5.82 Å². The Balaban J connectivity index is 1.37. The Morgan fingerprint density at radius 1 is 1.12 bits per heavy atom. The number of rotatable bonds is 3. The van der Waals surface area contributed by atoms with Gasteiger partial charge >= 0.3 is 5.69 Å². The van der Waals surface area contributed by atoms with Gasteiger partial charge in [0.15, 0.2) is 5.65 Å². The second-order valence-electron chi connectivity index (χ2n) is 8.46. The van der Waals surface area contributed by atoms with Crippen LogP contribution in [-0.4, -0.2) is 19.5 Å². The number of nitrogens with zero attached hydrogens (tertiary/aromatic N) is 4. The van der Waals surface area contributed by atoms with Crippen LogP contribution in [-0.2, 0) is 5.54 Å². The largest absolute Gasteiger partial charge is 0.384 e. The molecule has 4 aromatic rings. The average molecular weight is 492 g/mol. The molecule has 8 nitrogen and oxygen atoms in total. The molecule has 0 bridgehead atoms. The van der Waals surface area contributed by atoms with E-state index in [0.717, 1.165) is 24.1 Å². The summed E-state index contributed by atoms with van der Waals surface area (Å²) in [6, 6.07) is 11.1. The van der Waals surface area contributed by atoms with Gasteiger partial charge < -0.3 is 16.4 Å². The van der Waals surface area contributed by atoms with E-state index in [1.54, 1.807) is 18.2 Å². The molecule has 3 heterocycles. The van der Waals surface area contributed by atoms with Gasteiger partial charge in [-0.15, -0.1) is 0 Å². The first kappa shape index (κ1) is 20.9. The Kier molecular flexibility index (Phi) is 4.75. The highest BCUT2D eigenvalue weighted by atomic mass is 35.5. The van der Waals surface area contributed by atoms with Crippen LogP contribution in [0.3, 0.4) is 0 Å². The van der Waals surface area contributed by atoms with Gasteiger partial charge in [-0.1, -0.05) is 35.3 Å². The minimum atomic E-state index is -0.637. The first-order valence-corrected chi connectivity index (χ1v) is 11.6. The summed E-state index contributed by atoms with van der Waals surface area (Å²) in [7, 11) is 0. The highest BCUT2D eigenvalue weighted by Gasteiger charge is 2.40. The summed E-state index contributed by atoms with van der Waals surface area (Å²) >= 11 is 12.6. The van der Waals surface area contributed by atoms with Gasteiger partial charge in [-0.05, 0) is 66.9 Å². The van der Waals surface area contributed by atoms with Crippen molar-refractivity contribution < 1.29 is 0 Å². The SMILES string of the molecule is Nc1c2cnc(Nc3ccc4c(c3)C=CNC43CCC3)nc2nc(=O)n1-c1c(Cl)cccc1Cl. The third-order valence-electron chi connectivity index (χ3n) is 6.49. The molecule has 10 heteroatoms. The summed E-state index contributed by atoms with van der Waals surface area (Å²) in [6.45, 7) is 0. The third-order valence-corrected chi connectivity index (χ3v) is 7.10. The van der Waals surface area contributed by atoms with Crippen LogP contribution in [0, 0.1) is 0 Å². The zero-order chi connectivity index (χ0) is 23.4. The molecule has 4 N–H and O–H groups in total. The van der Waals surface area contributed by atoms with Crippen LogP contribution in [0.5, 0.6) is 0 Å². The number of aromatic nitrogens is 4. The van der Waals surface area contributed by atoms with E-state index >= 15 is 0 Å². The number of hydrogen-bond acceptors (Lipinski definition) is 7. The zero-order valence-electron chi connectivity index (χ0n) is 17.8. The molecule has 0 saturated heterocycles. The maximum atomic E-state index is 12.8. The molecule has 1 aliphatic carbocycles. The van der Waals surface area contributed by atoms with Crippen molar-refractivity contribution in [2.45, 2.75) is 24.8 Å². The van der Waals surface area contributed by atoms with Crippen molar-refractivity contribution in [3.05, 3.63) is 80.5 Å². The smallest absolute Gasteiger partial charge is 0.355 e. The van der Waals surface area contributed by atoms with Crippen molar-refractivity contribution in [3.63, 3.8) is 0 Å². The predicted molar refractivity (Wildman–Crippen MR) is 135 cm³/mol. The van der Waals surface area contributed by atoms with Gasteiger partial charge in [-0.25, -0.2) is 14.3 Å². The van der Waals surface area contributed by atoms with E-state index in [0.29, 0.717) is 11.3 Å². The second-order valence-corrected chi connectivity index (χ2v) is 9.27. The minimum Gasteiger partial charge on any atom is -0.384 e. The Bertz CT molecular complexity index is 1540. The average Bonchev–Trinajstić information content (AvgIpc) is 2.79. The lowest BCUT2D eigenvalue weighted by molar-refractivity contribution is 0.208. The fourth-order valence-electron chi connectivity index (χ4n) is 4.64. The van der Waals surface area contributed by atoms with Gasteiger partial charge in [0.25, 0.3) is 0 Å². The number of nitrogens with two attached hydrogens (primary N) is 1. The zero-order valence-corrected chi connectivity index (χ0v) is 19.4. The molecule has 0 amide bonds.